The van der Waals surface area contributed by atoms with Gasteiger partial charge in [-0.05, 0) is 48.4 Å². The van der Waals surface area contributed by atoms with E-state index < -0.39 is 0 Å². The van der Waals surface area contributed by atoms with Crippen LogP contribution in [0.15, 0.2) is 36.4 Å². The van der Waals surface area contributed by atoms with Crippen molar-refractivity contribution >= 4 is 10.8 Å². The summed E-state index contributed by atoms with van der Waals surface area (Å²) in [4.78, 5) is 0. The lowest BCUT2D eigenvalue weighted by atomic mass is 9.97. The van der Waals surface area contributed by atoms with Gasteiger partial charge in [-0.25, -0.2) is 4.39 Å². The van der Waals surface area contributed by atoms with Crippen molar-refractivity contribution in [1.82, 2.24) is 5.32 Å². The number of hydrogen-bond donors (Lipinski definition) is 1. The number of nitrogens with one attached hydrogen (secondary N) is 1. The van der Waals surface area contributed by atoms with Gasteiger partial charge in [0.1, 0.15) is 5.82 Å². The van der Waals surface area contributed by atoms with Crippen LogP contribution < -0.4 is 5.32 Å². The molecule has 0 aliphatic heterocycles. The molecule has 1 N–H and O–H groups in total. The Kier molecular flexibility index (Phi) is 2.01. The first-order valence-electron chi connectivity index (χ1n) is 5.63. The first-order chi connectivity index (χ1) is 7.75. The van der Waals surface area contributed by atoms with Gasteiger partial charge in [-0.1, -0.05) is 24.3 Å². The van der Waals surface area contributed by atoms with Gasteiger partial charge in [0.05, 0.1) is 0 Å². The highest BCUT2D eigenvalue weighted by Gasteiger charge is 2.43. The molecule has 1 fully saturated rings. The molecule has 0 spiro atoms. The highest BCUT2D eigenvalue weighted by atomic mass is 19.1. The molecule has 0 radical (unpaired) electrons. The van der Waals surface area contributed by atoms with Crippen LogP contribution in [0.5, 0.6) is 0 Å². The fourth-order valence-electron chi connectivity index (χ4n) is 2.45. The fraction of sp³-hybridized carbons (Fsp3) is 0.286. The molecule has 1 aliphatic rings. The molecule has 1 aliphatic carbocycles. The van der Waals surface area contributed by atoms with E-state index in [0.717, 1.165) is 10.8 Å². The van der Waals surface area contributed by atoms with Gasteiger partial charge in [-0.15, -0.1) is 0 Å². The predicted octanol–water partition coefficient (Wildman–Crippen LogP) is 3.19. The van der Waals surface area contributed by atoms with Crippen molar-refractivity contribution in [3.8, 4) is 0 Å². The minimum Gasteiger partial charge on any atom is -0.310 e. The molecule has 0 aromatic heterocycles. The second-order valence-corrected chi connectivity index (χ2v) is 4.50. The third-order valence-corrected chi connectivity index (χ3v) is 3.59. The summed E-state index contributed by atoms with van der Waals surface area (Å²) in [6.07, 6.45) is 2.33. The van der Waals surface area contributed by atoms with Gasteiger partial charge in [-0.2, -0.15) is 0 Å². The molecule has 2 aromatic rings. The topological polar surface area (TPSA) is 12.0 Å². The molecule has 3 rings (SSSR count). The van der Waals surface area contributed by atoms with Crippen molar-refractivity contribution in [3.63, 3.8) is 0 Å². The van der Waals surface area contributed by atoms with Crippen molar-refractivity contribution in [2.75, 3.05) is 7.05 Å². The molecule has 0 bridgehead atoms. The zero-order valence-corrected chi connectivity index (χ0v) is 9.26. The van der Waals surface area contributed by atoms with E-state index in [1.807, 2.05) is 25.2 Å². The molecule has 1 nitrogen and oxygen atoms in total. The molecule has 0 atom stereocenters. The Bertz CT molecular complexity index is 543. The van der Waals surface area contributed by atoms with Gasteiger partial charge in [-0.3, -0.25) is 0 Å². The zero-order chi connectivity index (χ0) is 11.2. The predicted molar refractivity (Wildman–Crippen MR) is 63.9 cm³/mol. The molecule has 1 saturated carbocycles. The zero-order valence-electron chi connectivity index (χ0n) is 9.26. The van der Waals surface area contributed by atoms with Crippen molar-refractivity contribution in [3.05, 3.63) is 47.8 Å². The Morgan fingerprint density at radius 1 is 1.19 bits per heavy atom. The van der Waals surface area contributed by atoms with Crippen LogP contribution in [0.25, 0.3) is 10.8 Å². The molecule has 0 unspecified atom stereocenters. The highest BCUT2D eigenvalue weighted by Crippen LogP contribution is 2.47. The van der Waals surface area contributed by atoms with Crippen LogP contribution in [0, 0.1) is 5.82 Å². The van der Waals surface area contributed by atoms with Gasteiger partial charge in [0.2, 0.25) is 0 Å². The number of benzene rings is 2. The Labute approximate surface area is 94.3 Å². The fourth-order valence-corrected chi connectivity index (χ4v) is 2.45. The summed E-state index contributed by atoms with van der Waals surface area (Å²) < 4.78 is 13.1. The maximum absolute atomic E-state index is 13.1. The monoisotopic (exact) mass is 215 g/mol. The second kappa shape index (κ2) is 3.29. The van der Waals surface area contributed by atoms with Crippen molar-refractivity contribution in [2.45, 2.75) is 18.4 Å². The SMILES string of the molecule is CNC1(c2cccc3cc(F)ccc23)CC1. The van der Waals surface area contributed by atoms with Gasteiger partial charge in [0.25, 0.3) is 0 Å². The Balaban J connectivity index is 2.26. The van der Waals surface area contributed by atoms with Gasteiger partial charge in [0.15, 0.2) is 0 Å². The molecular formula is C14H14FN. The first-order valence-corrected chi connectivity index (χ1v) is 5.63. The summed E-state index contributed by atoms with van der Waals surface area (Å²) in [7, 11) is 2.00. The number of halogens is 1. The highest BCUT2D eigenvalue weighted by molar-refractivity contribution is 5.87. The third kappa shape index (κ3) is 1.34. The Morgan fingerprint density at radius 3 is 2.69 bits per heavy atom. The lowest BCUT2D eigenvalue weighted by Gasteiger charge is -2.17. The van der Waals surface area contributed by atoms with Crippen LogP contribution in [-0.2, 0) is 5.54 Å². The van der Waals surface area contributed by atoms with Crippen LogP contribution in [0.3, 0.4) is 0 Å². The van der Waals surface area contributed by atoms with E-state index in [4.69, 9.17) is 0 Å². The maximum Gasteiger partial charge on any atom is 0.123 e. The van der Waals surface area contributed by atoms with Gasteiger partial charge >= 0.3 is 0 Å². The number of rotatable bonds is 2. The van der Waals surface area contributed by atoms with Gasteiger partial charge in [0, 0.05) is 5.54 Å². The smallest absolute Gasteiger partial charge is 0.123 e. The number of fused-ring (bicyclic) bond motifs is 1. The van der Waals surface area contributed by atoms with E-state index in [2.05, 4.69) is 11.4 Å². The average Bonchev–Trinajstić information content (AvgIpc) is 3.08. The van der Waals surface area contributed by atoms with E-state index in [1.165, 1.54) is 24.5 Å². The largest absolute Gasteiger partial charge is 0.310 e. The Hall–Kier alpha value is -1.41. The standard InChI is InChI=1S/C14H14FN/c1-16-14(7-8-14)13-4-2-3-10-9-11(15)5-6-12(10)13/h2-6,9,16H,7-8H2,1H3. The van der Waals surface area contributed by atoms with E-state index in [9.17, 15) is 4.39 Å². The minimum absolute atomic E-state index is 0.136. The summed E-state index contributed by atoms with van der Waals surface area (Å²) in [6.45, 7) is 0. The van der Waals surface area contributed by atoms with Crippen LogP contribution in [0.1, 0.15) is 18.4 Å². The summed E-state index contributed by atoms with van der Waals surface area (Å²) in [5.41, 5.74) is 1.43. The van der Waals surface area contributed by atoms with Crippen molar-refractivity contribution < 1.29 is 4.39 Å². The van der Waals surface area contributed by atoms with Gasteiger partial charge < -0.3 is 5.32 Å². The van der Waals surface area contributed by atoms with Crippen LogP contribution in [0.2, 0.25) is 0 Å². The van der Waals surface area contributed by atoms with Crippen molar-refractivity contribution in [2.24, 2.45) is 0 Å². The summed E-state index contributed by atoms with van der Waals surface area (Å²) in [6, 6.07) is 11.1. The molecule has 16 heavy (non-hydrogen) atoms. The van der Waals surface area contributed by atoms with E-state index in [-0.39, 0.29) is 11.4 Å². The molecular weight excluding hydrogens is 201 g/mol. The molecule has 2 heteroatoms. The van der Waals surface area contributed by atoms with Crippen LogP contribution in [-0.4, -0.2) is 7.05 Å². The first kappa shape index (κ1) is 9.79. The summed E-state index contributed by atoms with van der Waals surface area (Å²) in [5, 5.41) is 5.53. The quantitative estimate of drug-likeness (QED) is 0.811. The minimum atomic E-state index is -0.168. The van der Waals surface area contributed by atoms with Crippen LogP contribution in [0.4, 0.5) is 4.39 Å². The lowest BCUT2D eigenvalue weighted by molar-refractivity contribution is 0.590. The summed E-state index contributed by atoms with van der Waals surface area (Å²) in [5.74, 6) is -0.168. The maximum atomic E-state index is 13.1. The van der Waals surface area contributed by atoms with Crippen LogP contribution >= 0.6 is 0 Å². The van der Waals surface area contributed by atoms with E-state index in [0.29, 0.717) is 0 Å². The molecule has 0 amide bonds. The van der Waals surface area contributed by atoms with Crippen molar-refractivity contribution in [1.29, 1.82) is 0 Å². The Morgan fingerprint density at radius 2 is 2.00 bits per heavy atom. The van der Waals surface area contributed by atoms with E-state index >= 15 is 0 Å². The lowest BCUT2D eigenvalue weighted by Crippen LogP contribution is -2.24. The number of hydrogen-bond acceptors (Lipinski definition) is 1. The second-order valence-electron chi connectivity index (χ2n) is 4.50. The average molecular weight is 215 g/mol. The molecule has 82 valence electrons. The molecule has 2 aromatic carbocycles. The summed E-state index contributed by atoms with van der Waals surface area (Å²) >= 11 is 0. The molecule has 0 heterocycles. The third-order valence-electron chi connectivity index (χ3n) is 3.59. The molecule has 0 saturated heterocycles. The van der Waals surface area contributed by atoms with E-state index in [1.54, 1.807) is 6.07 Å². The normalized spacial score (nSPS) is 17.6.